The molecule has 3 rings (SSSR count). The Hall–Kier alpha value is -1.88. The van der Waals surface area contributed by atoms with Crippen molar-refractivity contribution in [3.8, 4) is 0 Å². The molecule has 110 valence electrons. The lowest BCUT2D eigenvalue weighted by Gasteiger charge is -2.19. The molecule has 0 unspecified atom stereocenters. The van der Waals surface area contributed by atoms with Crippen LogP contribution in [0.2, 0.25) is 0 Å². The van der Waals surface area contributed by atoms with Crippen LogP contribution in [-0.4, -0.2) is 16.5 Å². The van der Waals surface area contributed by atoms with Crippen LogP contribution in [0.4, 0.5) is 8.78 Å². The van der Waals surface area contributed by atoms with Gasteiger partial charge in [0, 0.05) is 43.3 Å². The Morgan fingerprint density at radius 3 is 2.86 bits per heavy atom. The predicted octanol–water partition coefficient (Wildman–Crippen LogP) is 2.55. The number of halogens is 2. The highest BCUT2D eigenvalue weighted by Gasteiger charge is 2.17. The van der Waals surface area contributed by atoms with Crippen LogP contribution < -0.4 is 5.32 Å². The molecule has 0 saturated heterocycles. The van der Waals surface area contributed by atoms with Crippen LogP contribution in [0.15, 0.2) is 18.2 Å². The summed E-state index contributed by atoms with van der Waals surface area (Å²) in [5.74, 6) is -0.503. The number of hydrogen-bond donors (Lipinski definition) is 1. The maximum atomic E-state index is 13.8. The van der Waals surface area contributed by atoms with E-state index >= 15 is 0 Å². The molecule has 1 aromatic carbocycles. The molecule has 0 fully saturated rings. The fourth-order valence-corrected chi connectivity index (χ4v) is 2.68. The number of nitrogens with one attached hydrogen (secondary N) is 1. The van der Waals surface area contributed by atoms with E-state index in [1.165, 1.54) is 17.7 Å². The minimum absolute atomic E-state index is 0.291. The Morgan fingerprint density at radius 1 is 1.24 bits per heavy atom. The van der Waals surface area contributed by atoms with Gasteiger partial charge in [-0.15, -0.1) is 0 Å². The molecule has 0 spiro atoms. The normalized spacial score (nSPS) is 14.0. The van der Waals surface area contributed by atoms with E-state index in [0.29, 0.717) is 17.8 Å². The van der Waals surface area contributed by atoms with Crippen LogP contribution in [-0.2, 0) is 25.8 Å². The maximum absolute atomic E-state index is 13.8. The van der Waals surface area contributed by atoms with Crippen molar-refractivity contribution in [2.24, 2.45) is 0 Å². The van der Waals surface area contributed by atoms with E-state index < -0.39 is 11.6 Å². The van der Waals surface area contributed by atoms with E-state index in [1.54, 1.807) is 0 Å². The van der Waals surface area contributed by atoms with E-state index in [9.17, 15) is 8.78 Å². The van der Waals surface area contributed by atoms with Crippen LogP contribution in [0.3, 0.4) is 0 Å². The molecular formula is C16H17F2N3. The number of fused-ring (bicyclic) bond motifs is 1. The zero-order valence-electron chi connectivity index (χ0n) is 11.9. The van der Waals surface area contributed by atoms with Gasteiger partial charge in [0.15, 0.2) is 0 Å². The molecule has 1 aliphatic rings. The van der Waals surface area contributed by atoms with E-state index in [1.807, 2.05) is 0 Å². The van der Waals surface area contributed by atoms with Crippen molar-refractivity contribution in [1.82, 2.24) is 15.3 Å². The van der Waals surface area contributed by atoms with Gasteiger partial charge in [-0.1, -0.05) is 13.0 Å². The van der Waals surface area contributed by atoms with Crippen molar-refractivity contribution in [2.75, 3.05) is 6.54 Å². The van der Waals surface area contributed by atoms with Gasteiger partial charge in [-0.05, 0) is 18.1 Å². The lowest BCUT2D eigenvalue weighted by molar-refractivity contribution is 0.572. The SMILES string of the molecule is CCc1nc(Cc2ccc(F)cc2F)nc2c1CNCC2. The monoisotopic (exact) mass is 289 g/mol. The van der Waals surface area contributed by atoms with E-state index in [4.69, 9.17) is 0 Å². The summed E-state index contributed by atoms with van der Waals surface area (Å²) >= 11 is 0. The van der Waals surface area contributed by atoms with Gasteiger partial charge >= 0.3 is 0 Å². The molecule has 2 heterocycles. The van der Waals surface area contributed by atoms with Crippen molar-refractivity contribution in [3.05, 3.63) is 58.2 Å². The topological polar surface area (TPSA) is 37.8 Å². The molecule has 0 radical (unpaired) electrons. The first-order chi connectivity index (χ1) is 10.2. The average Bonchev–Trinajstić information content (AvgIpc) is 2.49. The summed E-state index contributed by atoms with van der Waals surface area (Å²) in [6.45, 7) is 3.75. The minimum atomic E-state index is -0.567. The molecule has 0 aliphatic carbocycles. The zero-order chi connectivity index (χ0) is 14.8. The summed E-state index contributed by atoms with van der Waals surface area (Å²) in [6.07, 6.45) is 1.98. The second kappa shape index (κ2) is 5.85. The van der Waals surface area contributed by atoms with Gasteiger partial charge in [0.05, 0.1) is 5.69 Å². The van der Waals surface area contributed by atoms with Crippen LogP contribution in [0, 0.1) is 11.6 Å². The summed E-state index contributed by atoms with van der Waals surface area (Å²) in [5, 5.41) is 3.32. The Morgan fingerprint density at radius 2 is 2.10 bits per heavy atom. The third kappa shape index (κ3) is 2.93. The van der Waals surface area contributed by atoms with Crippen molar-refractivity contribution in [3.63, 3.8) is 0 Å². The third-order valence-corrected chi connectivity index (χ3v) is 3.76. The zero-order valence-corrected chi connectivity index (χ0v) is 11.9. The average molecular weight is 289 g/mol. The van der Waals surface area contributed by atoms with E-state index in [2.05, 4.69) is 22.2 Å². The van der Waals surface area contributed by atoms with Gasteiger partial charge in [0.25, 0.3) is 0 Å². The highest BCUT2D eigenvalue weighted by atomic mass is 19.1. The number of nitrogens with zero attached hydrogens (tertiary/aromatic N) is 2. The highest BCUT2D eigenvalue weighted by molar-refractivity contribution is 5.30. The number of hydrogen-bond acceptors (Lipinski definition) is 3. The maximum Gasteiger partial charge on any atom is 0.133 e. The first kappa shape index (κ1) is 14.1. The number of aromatic nitrogens is 2. The standard InChI is InChI=1S/C16H17F2N3/c1-2-14-12-9-19-6-5-15(12)21-16(20-14)7-10-3-4-11(17)8-13(10)18/h3-4,8,19H,2,5-7,9H2,1H3. The van der Waals surface area contributed by atoms with E-state index in [-0.39, 0.29) is 0 Å². The van der Waals surface area contributed by atoms with Crippen LogP contribution in [0.1, 0.15) is 35.3 Å². The lowest BCUT2D eigenvalue weighted by Crippen LogP contribution is -2.27. The summed E-state index contributed by atoms with van der Waals surface area (Å²) in [6, 6.07) is 3.63. The number of benzene rings is 1. The van der Waals surface area contributed by atoms with Crippen molar-refractivity contribution in [2.45, 2.75) is 32.7 Å². The quantitative estimate of drug-likeness (QED) is 0.943. The third-order valence-electron chi connectivity index (χ3n) is 3.76. The summed E-state index contributed by atoms with van der Waals surface area (Å²) < 4.78 is 26.7. The molecule has 1 N–H and O–H groups in total. The van der Waals surface area contributed by atoms with Crippen molar-refractivity contribution in [1.29, 1.82) is 0 Å². The van der Waals surface area contributed by atoms with Gasteiger partial charge in [-0.25, -0.2) is 18.7 Å². The largest absolute Gasteiger partial charge is 0.312 e. The summed E-state index contributed by atoms with van der Waals surface area (Å²) in [5.41, 5.74) is 3.67. The molecule has 0 saturated carbocycles. The molecule has 5 heteroatoms. The minimum Gasteiger partial charge on any atom is -0.312 e. The molecule has 0 atom stereocenters. The summed E-state index contributed by atoms with van der Waals surface area (Å²) in [7, 11) is 0. The molecule has 3 nitrogen and oxygen atoms in total. The van der Waals surface area contributed by atoms with Crippen molar-refractivity contribution >= 4 is 0 Å². The van der Waals surface area contributed by atoms with Gasteiger partial charge in [-0.2, -0.15) is 0 Å². The van der Waals surface area contributed by atoms with Gasteiger partial charge in [-0.3, -0.25) is 0 Å². The number of aryl methyl sites for hydroxylation is 1. The Bertz CT molecular complexity index is 654. The molecule has 2 aromatic rings. The molecular weight excluding hydrogens is 272 g/mol. The Labute approximate surface area is 122 Å². The smallest absolute Gasteiger partial charge is 0.133 e. The first-order valence-electron chi connectivity index (χ1n) is 7.19. The second-order valence-electron chi connectivity index (χ2n) is 5.20. The fourth-order valence-electron chi connectivity index (χ4n) is 2.68. The number of rotatable bonds is 3. The van der Waals surface area contributed by atoms with Crippen LogP contribution in [0.5, 0.6) is 0 Å². The van der Waals surface area contributed by atoms with Gasteiger partial charge < -0.3 is 5.32 Å². The second-order valence-corrected chi connectivity index (χ2v) is 5.20. The Kier molecular flexibility index (Phi) is 3.92. The molecule has 0 bridgehead atoms. The van der Waals surface area contributed by atoms with E-state index in [0.717, 1.165) is 43.4 Å². The van der Waals surface area contributed by atoms with Gasteiger partial charge in [0.1, 0.15) is 17.5 Å². The predicted molar refractivity (Wildman–Crippen MR) is 76.0 cm³/mol. The van der Waals surface area contributed by atoms with Gasteiger partial charge in [0.2, 0.25) is 0 Å². The highest BCUT2D eigenvalue weighted by Crippen LogP contribution is 2.19. The van der Waals surface area contributed by atoms with Crippen LogP contribution >= 0.6 is 0 Å². The molecule has 21 heavy (non-hydrogen) atoms. The molecule has 1 aromatic heterocycles. The lowest BCUT2D eigenvalue weighted by atomic mass is 10.0. The molecule has 1 aliphatic heterocycles. The Balaban J connectivity index is 1.95. The first-order valence-corrected chi connectivity index (χ1v) is 7.19. The molecule has 0 amide bonds. The van der Waals surface area contributed by atoms with Crippen molar-refractivity contribution < 1.29 is 8.78 Å². The fraction of sp³-hybridized carbons (Fsp3) is 0.375. The van der Waals surface area contributed by atoms with Crippen LogP contribution in [0.25, 0.3) is 0 Å². The summed E-state index contributed by atoms with van der Waals surface area (Å²) in [4.78, 5) is 9.12.